The number of nitrogens with zero attached hydrogens (tertiary/aromatic N) is 3. The van der Waals surface area contributed by atoms with Crippen molar-refractivity contribution in [2.75, 3.05) is 37.6 Å². The average Bonchev–Trinajstić information content (AvgIpc) is 3.49. The number of fused-ring (bicyclic) bond motifs is 1. The molecule has 0 bridgehead atoms. The van der Waals surface area contributed by atoms with Gasteiger partial charge in [-0.25, -0.2) is 0 Å². The smallest absolute Gasteiger partial charge is 0.220 e. The molecule has 2 saturated carbocycles. The SMILES string of the molecule is O=C(CC1CC1)N[C@H]1CC[C@H](CCN2CCN(c3noc4cc(Cl)ccc34)CC2)CC1. The van der Waals surface area contributed by atoms with Gasteiger partial charge < -0.3 is 14.7 Å². The molecule has 3 aliphatic rings. The minimum atomic E-state index is 0.284. The van der Waals surface area contributed by atoms with Gasteiger partial charge in [0.25, 0.3) is 0 Å². The Morgan fingerprint density at radius 3 is 2.55 bits per heavy atom. The van der Waals surface area contributed by atoms with E-state index in [-0.39, 0.29) is 5.91 Å². The van der Waals surface area contributed by atoms with Crippen LogP contribution in [0.4, 0.5) is 5.82 Å². The molecule has 3 fully saturated rings. The van der Waals surface area contributed by atoms with Crippen molar-refractivity contribution in [1.29, 1.82) is 0 Å². The molecule has 2 heterocycles. The van der Waals surface area contributed by atoms with Crippen LogP contribution in [-0.2, 0) is 4.79 Å². The molecule has 168 valence electrons. The van der Waals surface area contributed by atoms with E-state index in [4.69, 9.17) is 16.1 Å². The number of amides is 1. The fourth-order valence-corrected chi connectivity index (χ4v) is 5.30. The van der Waals surface area contributed by atoms with Crippen LogP contribution in [0.3, 0.4) is 0 Å². The van der Waals surface area contributed by atoms with E-state index >= 15 is 0 Å². The average molecular weight is 445 g/mol. The summed E-state index contributed by atoms with van der Waals surface area (Å²) in [4.78, 5) is 16.9. The van der Waals surface area contributed by atoms with E-state index in [0.717, 1.165) is 68.1 Å². The summed E-state index contributed by atoms with van der Waals surface area (Å²) in [7, 11) is 0. The quantitative estimate of drug-likeness (QED) is 0.682. The van der Waals surface area contributed by atoms with Gasteiger partial charge in [0.15, 0.2) is 11.4 Å². The number of aromatic nitrogens is 1. The predicted molar refractivity (Wildman–Crippen MR) is 124 cm³/mol. The fraction of sp³-hybridized carbons (Fsp3) is 0.667. The molecule has 2 aliphatic carbocycles. The van der Waals surface area contributed by atoms with Crippen LogP contribution in [0, 0.1) is 11.8 Å². The number of hydrogen-bond donors (Lipinski definition) is 1. The summed E-state index contributed by atoms with van der Waals surface area (Å²) in [6, 6.07) is 6.14. The van der Waals surface area contributed by atoms with Crippen LogP contribution in [-0.4, -0.2) is 54.7 Å². The monoisotopic (exact) mass is 444 g/mol. The first-order valence-corrected chi connectivity index (χ1v) is 12.3. The van der Waals surface area contributed by atoms with Crippen molar-refractivity contribution in [2.24, 2.45) is 11.8 Å². The summed E-state index contributed by atoms with van der Waals surface area (Å²) in [5, 5.41) is 9.29. The molecule has 1 saturated heterocycles. The number of benzene rings is 1. The highest BCUT2D eigenvalue weighted by Crippen LogP contribution is 2.33. The lowest BCUT2D eigenvalue weighted by molar-refractivity contribution is -0.122. The van der Waals surface area contributed by atoms with Gasteiger partial charge in [0, 0.05) is 49.7 Å². The summed E-state index contributed by atoms with van der Waals surface area (Å²) in [6.07, 6.45) is 9.33. The summed E-state index contributed by atoms with van der Waals surface area (Å²) in [6.45, 7) is 5.25. The summed E-state index contributed by atoms with van der Waals surface area (Å²) < 4.78 is 5.48. The first-order chi connectivity index (χ1) is 15.1. The highest BCUT2D eigenvalue weighted by molar-refractivity contribution is 6.31. The zero-order chi connectivity index (χ0) is 21.2. The molecule has 6 nitrogen and oxygen atoms in total. The molecule has 0 spiro atoms. The third-order valence-corrected chi connectivity index (χ3v) is 7.56. The number of anilines is 1. The van der Waals surface area contributed by atoms with Crippen molar-refractivity contribution in [3.05, 3.63) is 23.2 Å². The Bertz CT molecular complexity index is 896. The maximum absolute atomic E-state index is 12.0. The molecule has 1 N–H and O–H groups in total. The third kappa shape index (κ3) is 5.35. The Labute approximate surface area is 189 Å². The van der Waals surface area contributed by atoms with E-state index in [1.54, 1.807) is 0 Å². The summed E-state index contributed by atoms with van der Waals surface area (Å²) in [5.74, 6) is 2.71. The minimum Gasteiger partial charge on any atom is -0.354 e. The van der Waals surface area contributed by atoms with Gasteiger partial charge in [0.2, 0.25) is 5.91 Å². The number of nitrogens with one attached hydrogen (secondary N) is 1. The van der Waals surface area contributed by atoms with Gasteiger partial charge in [-0.2, -0.15) is 0 Å². The molecule has 1 aromatic heterocycles. The Morgan fingerprint density at radius 1 is 1.06 bits per heavy atom. The Morgan fingerprint density at radius 2 is 1.81 bits per heavy atom. The first-order valence-electron chi connectivity index (χ1n) is 12.0. The van der Waals surface area contributed by atoms with Crippen LogP contribution in [0.25, 0.3) is 11.0 Å². The van der Waals surface area contributed by atoms with Crippen LogP contribution in [0.5, 0.6) is 0 Å². The highest BCUT2D eigenvalue weighted by Gasteiger charge is 2.28. The maximum atomic E-state index is 12.0. The molecule has 0 atom stereocenters. The van der Waals surface area contributed by atoms with Crippen LogP contribution < -0.4 is 10.2 Å². The number of carbonyl (C=O) groups is 1. The second-order valence-corrected chi connectivity index (χ2v) is 10.1. The predicted octanol–water partition coefficient (Wildman–Crippen LogP) is 4.47. The van der Waals surface area contributed by atoms with E-state index in [0.29, 0.717) is 17.0 Å². The van der Waals surface area contributed by atoms with Crippen LogP contribution in [0.2, 0.25) is 5.02 Å². The van der Waals surface area contributed by atoms with Crippen molar-refractivity contribution in [1.82, 2.24) is 15.4 Å². The van der Waals surface area contributed by atoms with E-state index in [2.05, 4.69) is 20.3 Å². The van der Waals surface area contributed by atoms with Gasteiger partial charge in [0.05, 0.1) is 5.39 Å². The van der Waals surface area contributed by atoms with Gasteiger partial charge in [-0.3, -0.25) is 9.69 Å². The maximum Gasteiger partial charge on any atom is 0.220 e. The molecule has 0 radical (unpaired) electrons. The van der Waals surface area contributed by atoms with Gasteiger partial charge in [0.1, 0.15) is 0 Å². The summed E-state index contributed by atoms with van der Waals surface area (Å²) >= 11 is 6.06. The van der Waals surface area contributed by atoms with Gasteiger partial charge in [-0.05, 0) is 75.5 Å². The normalized spacial score (nSPS) is 25.1. The largest absolute Gasteiger partial charge is 0.354 e. The van der Waals surface area contributed by atoms with E-state index < -0.39 is 0 Å². The first kappa shape index (κ1) is 21.1. The molecule has 2 aromatic rings. The second kappa shape index (κ2) is 9.37. The number of piperazine rings is 1. The molecule has 7 heteroatoms. The highest BCUT2D eigenvalue weighted by atomic mass is 35.5. The molecule has 31 heavy (non-hydrogen) atoms. The molecule has 0 unspecified atom stereocenters. The molecule has 1 aliphatic heterocycles. The van der Waals surface area contributed by atoms with Crippen LogP contribution in [0.15, 0.2) is 22.7 Å². The van der Waals surface area contributed by atoms with Crippen molar-refractivity contribution in [2.45, 2.75) is 57.4 Å². The molecular weight excluding hydrogens is 412 g/mol. The standard InChI is InChI=1S/C24H33ClN4O2/c25-19-5-8-21-22(16-19)31-27-24(21)29-13-11-28(12-14-29)10-9-17-3-6-20(7-4-17)26-23(30)15-18-1-2-18/h5,8,16-18,20H,1-4,6-7,9-15H2,(H,26,30)/t17-,20-. The van der Waals surface area contributed by atoms with Gasteiger partial charge in [-0.15, -0.1) is 0 Å². The Kier molecular flexibility index (Phi) is 6.37. The second-order valence-electron chi connectivity index (χ2n) is 9.70. The number of hydrogen-bond acceptors (Lipinski definition) is 5. The topological polar surface area (TPSA) is 61.6 Å². The Balaban J connectivity index is 1.02. The lowest BCUT2D eigenvalue weighted by atomic mass is 9.84. The molecule has 5 rings (SSSR count). The molecular formula is C24H33ClN4O2. The van der Waals surface area contributed by atoms with E-state index in [9.17, 15) is 4.79 Å². The van der Waals surface area contributed by atoms with Crippen molar-refractivity contribution < 1.29 is 9.32 Å². The zero-order valence-corrected chi connectivity index (χ0v) is 18.9. The fourth-order valence-electron chi connectivity index (χ4n) is 5.14. The summed E-state index contributed by atoms with van der Waals surface area (Å²) in [5.41, 5.74) is 0.754. The van der Waals surface area contributed by atoms with Crippen molar-refractivity contribution >= 4 is 34.3 Å². The van der Waals surface area contributed by atoms with E-state index in [1.807, 2.05) is 18.2 Å². The molecule has 1 aromatic carbocycles. The van der Waals surface area contributed by atoms with Crippen molar-refractivity contribution in [3.63, 3.8) is 0 Å². The van der Waals surface area contributed by atoms with Crippen LogP contribution >= 0.6 is 11.6 Å². The number of halogens is 1. The lowest BCUT2D eigenvalue weighted by Crippen LogP contribution is -2.47. The third-order valence-electron chi connectivity index (χ3n) is 7.32. The van der Waals surface area contributed by atoms with Crippen LogP contribution in [0.1, 0.15) is 51.4 Å². The number of rotatable bonds is 7. The van der Waals surface area contributed by atoms with Gasteiger partial charge >= 0.3 is 0 Å². The minimum absolute atomic E-state index is 0.284. The lowest BCUT2D eigenvalue weighted by Gasteiger charge is -2.36. The Hall–Kier alpha value is -1.79. The van der Waals surface area contributed by atoms with Crippen molar-refractivity contribution in [3.8, 4) is 0 Å². The number of carbonyl (C=O) groups excluding carboxylic acids is 1. The zero-order valence-electron chi connectivity index (χ0n) is 18.2. The van der Waals surface area contributed by atoms with E-state index in [1.165, 1.54) is 38.6 Å². The van der Waals surface area contributed by atoms with Gasteiger partial charge in [-0.1, -0.05) is 16.8 Å². The molecule has 1 amide bonds.